The lowest BCUT2D eigenvalue weighted by atomic mass is 9.51. The van der Waals surface area contributed by atoms with Gasteiger partial charge in [-0.15, -0.1) is 0 Å². The second-order valence-corrected chi connectivity index (χ2v) is 12.5. The van der Waals surface area contributed by atoms with E-state index in [1.54, 1.807) is 0 Å². The van der Waals surface area contributed by atoms with Crippen LogP contribution in [0.2, 0.25) is 0 Å². The highest BCUT2D eigenvalue weighted by Gasteiger charge is 2.74. The Morgan fingerprint density at radius 1 is 1.21 bits per heavy atom. The van der Waals surface area contributed by atoms with Gasteiger partial charge in [-0.2, -0.15) is 0 Å². The van der Waals surface area contributed by atoms with Crippen molar-refractivity contribution in [3.63, 3.8) is 0 Å². The highest BCUT2D eigenvalue weighted by molar-refractivity contribution is 6.12. The van der Waals surface area contributed by atoms with Crippen LogP contribution in [0.4, 0.5) is 0 Å². The summed E-state index contributed by atoms with van der Waals surface area (Å²) in [5.41, 5.74) is -0.755. The molecule has 6 aliphatic heterocycles. The van der Waals surface area contributed by atoms with Crippen molar-refractivity contribution >= 4 is 17.5 Å². The van der Waals surface area contributed by atoms with Crippen LogP contribution in [-0.2, 0) is 14.3 Å². The van der Waals surface area contributed by atoms with Gasteiger partial charge in [-0.1, -0.05) is 12.2 Å². The molecule has 2 amide bonds. The molecule has 1 N–H and O–H groups in total. The van der Waals surface area contributed by atoms with Crippen LogP contribution in [0.15, 0.2) is 23.8 Å². The predicted molar refractivity (Wildman–Crippen MR) is 121 cm³/mol. The summed E-state index contributed by atoms with van der Waals surface area (Å²) in [5, 5.41) is 17.2. The van der Waals surface area contributed by atoms with E-state index < -0.39 is 16.5 Å². The summed E-state index contributed by atoms with van der Waals surface area (Å²) in [6.45, 7) is 9.02. The smallest absolute Gasteiger partial charge is 0.253 e. The maximum Gasteiger partial charge on any atom is 0.253 e. The molecule has 7 atom stereocenters. The number of piperazine rings is 1. The fraction of sp³-hybridized carbons (Fsp3) is 0.731. The molecule has 0 aromatic carbocycles. The minimum absolute atomic E-state index is 0.00460. The van der Waals surface area contributed by atoms with E-state index in [1.807, 2.05) is 11.0 Å². The van der Waals surface area contributed by atoms with E-state index in [-0.39, 0.29) is 47.3 Å². The number of nitrogens with one attached hydrogen (secondary N) is 1. The van der Waals surface area contributed by atoms with Gasteiger partial charge in [-0.05, 0) is 65.9 Å². The molecule has 176 valence electrons. The standard InChI is InChI=1S/C26H33N3O4/c1-23(2)10-8-15-17(33-23)7-6-14-16-12-26-18(24(3,4)20(16)29(32)19(14)15)13-25(21(30)27-26)9-5-11-28(25)22(26)31/h8,10,12,14-15,17-19H,5-7,9,11,13H2,1-4H3,(H,27,30)/t14?,15?,17?,18-,19?,25?,26?/m0/s1. The average Bonchev–Trinajstić information content (AvgIpc) is 3.29. The molecule has 0 radical (unpaired) electrons. The van der Waals surface area contributed by atoms with Gasteiger partial charge in [0, 0.05) is 18.0 Å². The number of carbonyl (C=O) groups excluding carboxylic acids is 2. The minimum atomic E-state index is -1.03. The number of hydroxylamine groups is 1. The number of fused-ring (bicyclic) bond motifs is 6. The van der Waals surface area contributed by atoms with Gasteiger partial charge in [0.1, 0.15) is 11.1 Å². The number of hydrogen-bond acceptors (Lipinski definition) is 4. The van der Waals surface area contributed by atoms with Crippen molar-refractivity contribution in [2.45, 2.75) is 88.6 Å². The molecule has 8 aliphatic rings. The van der Waals surface area contributed by atoms with Crippen LogP contribution < -0.4 is 5.32 Å². The van der Waals surface area contributed by atoms with E-state index in [2.05, 4.69) is 45.2 Å². The molecule has 6 heterocycles. The van der Waals surface area contributed by atoms with E-state index in [1.165, 1.54) is 4.74 Å². The lowest BCUT2D eigenvalue weighted by Crippen LogP contribution is -2.83. The Labute approximate surface area is 194 Å². The molecular formula is C26H33N3O4. The van der Waals surface area contributed by atoms with Crippen LogP contribution >= 0.6 is 0 Å². The maximum absolute atomic E-state index is 14.0. The largest absolute Gasteiger partial charge is 0.623 e. The Kier molecular flexibility index (Phi) is 3.51. The van der Waals surface area contributed by atoms with Gasteiger partial charge >= 0.3 is 0 Å². The first kappa shape index (κ1) is 20.2. The molecule has 33 heavy (non-hydrogen) atoms. The molecule has 7 heteroatoms. The van der Waals surface area contributed by atoms with E-state index in [9.17, 15) is 14.8 Å². The molecule has 6 unspecified atom stereocenters. The first-order chi connectivity index (χ1) is 15.5. The van der Waals surface area contributed by atoms with E-state index in [0.717, 1.165) is 30.5 Å². The maximum atomic E-state index is 14.0. The summed E-state index contributed by atoms with van der Waals surface area (Å²) in [5.74, 6) is 0.00201. The molecule has 5 fully saturated rings. The number of ether oxygens (including phenoxy) is 1. The summed E-state index contributed by atoms with van der Waals surface area (Å²) in [4.78, 5) is 29.1. The van der Waals surface area contributed by atoms with Crippen LogP contribution in [-0.4, -0.2) is 62.5 Å². The molecule has 2 bridgehead atoms. The van der Waals surface area contributed by atoms with Crippen LogP contribution in [0.1, 0.15) is 59.8 Å². The Bertz CT molecular complexity index is 1100. The van der Waals surface area contributed by atoms with Gasteiger partial charge in [0.05, 0.1) is 29.0 Å². The monoisotopic (exact) mass is 451 g/mol. The Hall–Kier alpha value is -2.15. The summed E-state index contributed by atoms with van der Waals surface area (Å²) in [6, 6.07) is -0.214. The molecule has 8 rings (SSSR count). The van der Waals surface area contributed by atoms with Crippen molar-refractivity contribution in [1.82, 2.24) is 10.2 Å². The average molecular weight is 452 g/mol. The van der Waals surface area contributed by atoms with Gasteiger partial charge < -0.3 is 20.2 Å². The zero-order valence-electron chi connectivity index (χ0n) is 19.9. The zero-order chi connectivity index (χ0) is 23.1. The highest BCUT2D eigenvalue weighted by Crippen LogP contribution is 2.60. The van der Waals surface area contributed by atoms with Crippen molar-refractivity contribution in [1.29, 1.82) is 0 Å². The predicted octanol–water partition coefficient (Wildman–Crippen LogP) is 2.30. The molecule has 2 aliphatic carbocycles. The third-order valence-electron chi connectivity index (χ3n) is 10.1. The second kappa shape index (κ2) is 5.73. The van der Waals surface area contributed by atoms with Crippen LogP contribution in [0.5, 0.6) is 0 Å². The van der Waals surface area contributed by atoms with E-state index in [0.29, 0.717) is 19.4 Å². The molecule has 0 aromatic rings. The summed E-state index contributed by atoms with van der Waals surface area (Å²) in [7, 11) is 0. The topological polar surface area (TPSA) is 84.7 Å². The molecular weight excluding hydrogens is 418 g/mol. The van der Waals surface area contributed by atoms with Gasteiger partial charge in [-0.25, -0.2) is 4.74 Å². The molecule has 7 nitrogen and oxygen atoms in total. The first-order valence-electron chi connectivity index (χ1n) is 12.6. The summed E-state index contributed by atoms with van der Waals surface area (Å²) < 4.78 is 7.65. The molecule has 1 saturated carbocycles. The Balaban J connectivity index is 1.40. The molecule has 2 spiro atoms. The van der Waals surface area contributed by atoms with Crippen molar-refractivity contribution in [2.24, 2.45) is 23.2 Å². The van der Waals surface area contributed by atoms with Gasteiger partial charge in [0.15, 0.2) is 11.8 Å². The lowest BCUT2D eigenvalue weighted by Gasteiger charge is -2.62. The number of carbonyl (C=O) groups is 2. The van der Waals surface area contributed by atoms with Crippen molar-refractivity contribution < 1.29 is 19.1 Å². The Morgan fingerprint density at radius 2 is 2.00 bits per heavy atom. The van der Waals surface area contributed by atoms with E-state index >= 15 is 0 Å². The highest BCUT2D eigenvalue weighted by atomic mass is 16.5. The Morgan fingerprint density at radius 3 is 2.79 bits per heavy atom. The van der Waals surface area contributed by atoms with Crippen LogP contribution in [0, 0.1) is 28.4 Å². The lowest BCUT2D eigenvalue weighted by molar-refractivity contribution is -0.517. The zero-order valence-corrected chi connectivity index (χ0v) is 19.9. The third kappa shape index (κ3) is 2.15. The van der Waals surface area contributed by atoms with Crippen molar-refractivity contribution in [2.75, 3.05) is 6.54 Å². The number of amides is 2. The fourth-order valence-corrected chi connectivity index (χ4v) is 8.75. The van der Waals surface area contributed by atoms with Crippen molar-refractivity contribution in [3.05, 3.63) is 29.0 Å². The number of piperidine rings is 2. The number of hydrogen-bond donors (Lipinski definition) is 1. The molecule has 4 saturated heterocycles. The quantitative estimate of drug-likeness (QED) is 0.348. The van der Waals surface area contributed by atoms with Crippen LogP contribution in [0.25, 0.3) is 0 Å². The summed E-state index contributed by atoms with van der Waals surface area (Å²) >= 11 is 0. The third-order valence-corrected chi connectivity index (χ3v) is 10.1. The first-order valence-corrected chi connectivity index (χ1v) is 12.6. The van der Waals surface area contributed by atoms with E-state index in [4.69, 9.17) is 4.74 Å². The van der Waals surface area contributed by atoms with Gasteiger partial charge in [0.2, 0.25) is 5.91 Å². The second-order valence-electron chi connectivity index (χ2n) is 12.5. The molecule has 0 aromatic heterocycles. The van der Waals surface area contributed by atoms with Gasteiger partial charge in [0.25, 0.3) is 5.91 Å². The number of rotatable bonds is 0. The van der Waals surface area contributed by atoms with Crippen molar-refractivity contribution in [3.8, 4) is 0 Å². The van der Waals surface area contributed by atoms with Gasteiger partial charge in [-0.3, -0.25) is 9.59 Å². The number of nitrogens with zero attached hydrogens (tertiary/aromatic N) is 2. The fourth-order valence-electron chi connectivity index (χ4n) is 8.75. The normalized spacial score (nSPS) is 47.9. The SMILES string of the molecule is CC1(C)C=CC2C(CCC3C4=CC56NC(=O)C7(CCCN7C5=O)C[C@H]6C(C)(C)C4=[N+]([O-])C32)O1. The summed E-state index contributed by atoms with van der Waals surface area (Å²) in [6.07, 6.45) is 10.3. The van der Waals surface area contributed by atoms with Crippen LogP contribution in [0.3, 0.4) is 0 Å². The minimum Gasteiger partial charge on any atom is -0.623 e.